The molecule has 1 amide bonds. The molecule has 38 heavy (non-hydrogen) atoms. The lowest BCUT2D eigenvalue weighted by molar-refractivity contribution is 0.0953. The zero-order valence-electron chi connectivity index (χ0n) is 22.0. The van der Waals surface area contributed by atoms with Crippen LogP contribution in [0.5, 0.6) is 0 Å². The first-order chi connectivity index (χ1) is 17.6. The number of carbonyl (C=O) groups is 1. The molecular formula is C26H42Cl2N8O2. The van der Waals surface area contributed by atoms with Gasteiger partial charge in [-0.2, -0.15) is 9.97 Å². The molecule has 0 bridgehead atoms. The number of piperidine rings is 1. The molecule has 2 aromatic heterocycles. The molecule has 0 spiro atoms. The summed E-state index contributed by atoms with van der Waals surface area (Å²) >= 11 is 0. The van der Waals surface area contributed by atoms with E-state index in [1.807, 2.05) is 6.33 Å². The van der Waals surface area contributed by atoms with Crippen LogP contribution < -0.4 is 16.4 Å². The van der Waals surface area contributed by atoms with Crippen molar-refractivity contribution in [1.82, 2.24) is 24.4 Å². The molecule has 4 N–H and O–H groups in total. The van der Waals surface area contributed by atoms with Gasteiger partial charge in [0.15, 0.2) is 17.0 Å². The van der Waals surface area contributed by atoms with Crippen molar-refractivity contribution in [3.8, 4) is 0 Å². The molecule has 12 heteroatoms. The molecule has 0 radical (unpaired) electrons. The fraction of sp³-hybridized carbons (Fsp3) is 0.692. The van der Waals surface area contributed by atoms with E-state index in [4.69, 9.17) is 25.4 Å². The minimum atomic E-state index is -0.242. The molecule has 2 aromatic rings. The molecule has 3 aliphatic rings. The number of carbonyl (C=O) groups excluding carboxylic acids is 1. The highest BCUT2D eigenvalue weighted by Gasteiger charge is 2.27. The topological polar surface area (TPSA) is 123 Å². The number of nitrogens with two attached hydrogens (primary N) is 1. The van der Waals surface area contributed by atoms with Gasteiger partial charge in [-0.25, -0.2) is 9.78 Å². The number of fused-ring (bicyclic) bond motifs is 1. The van der Waals surface area contributed by atoms with Gasteiger partial charge in [0.2, 0.25) is 5.95 Å². The average Bonchev–Trinajstić information content (AvgIpc) is 3.56. The van der Waals surface area contributed by atoms with Gasteiger partial charge in [-0.1, -0.05) is 18.9 Å². The van der Waals surface area contributed by atoms with Crippen LogP contribution in [0.3, 0.4) is 0 Å². The molecule has 5 rings (SSSR count). The molecule has 2 aliphatic carbocycles. The number of rotatable bonds is 8. The summed E-state index contributed by atoms with van der Waals surface area (Å²) in [5.41, 5.74) is 7.83. The van der Waals surface area contributed by atoms with E-state index in [-0.39, 0.29) is 36.9 Å². The van der Waals surface area contributed by atoms with E-state index in [9.17, 15) is 4.79 Å². The molecule has 3 fully saturated rings. The molecule has 10 nitrogen and oxygen atoms in total. The Morgan fingerprint density at radius 3 is 2.39 bits per heavy atom. The number of hydrogen-bond acceptors (Lipinski definition) is 8. The van der Waals surface area contributed by atoms with Gasteiger partial charge in [-0.05, 0) is 57.8 Å². The number of nitrogens with zero attached hydrogens (tertiary/aromatic N) is 5. The van der Waals surface area contributed by atoms with Crippen LogP contribution >= 0.6 is 24.8 Å². The quantitative estimate of drug-likeness (QED) is 0.298. The van der Waals surface area contributed by atoms with Crippen molar-refractivity contribution in [2.75, 3.05) is 30.3 Å². The van der Waals surface area contributed by atoms with Crippen molar-refractivity contribution in [3.05, 3.63) is 19.0 Å². The largest absolute Gasteiger partial charge is 0.449 e. The number of nitrogens with one attached hydrogen (secondary N) is 2. The zero-order valence-corrected chi connectivity index (χ0v) is 23.7. The lowest BCUT2D eigenvalue weighted by atomic mass is 9.92. The summed E-state index contributed by atoms with van der Waals surface area (Å²) in [4.78, 5) is 28.7. The standard InChI is InChI=1S/C26H40N8O2.2ClH/c1-2-3-16-36-26(35)33-14-12-20(13-15-33)29-23-22-24(34(17-28-22)21-6-4-5-7-21)32-25(31-23)30-19-10-8-18(27)9-11-19;;/h2,17-21H,1,3-16,27H2,(H2,29,30,31,32);2*1H/t18-,19-;;. The van der Waals surface area contributed by atoms with E-state index in [1.54, 1.807) is 11.0 Å². The van der Waals surface area contributed by atoms with Gasteiger partial charge < -0.3 is 30.6 Å². The Hall–Kier alpha value is -2.30. The Bertz CT molecular complexity index is 1050. The van der Waals surface area contributed by atoms with Crippen LogP contribution in [0, 0.1) is 0 Å². The third-order valence-electron chi connectivity index (χ3n) is 7.89. The van der Waals surface area contributed by atoms with E-state index in [0.29, 0.717) is 50.2 Å². The first kappa shape index (κ1) is 30.2. The number of ether oxygens (including phenoxy) is 1. The normalized spacial score (nSPS) is 22.4. The Morgan fingerprint density at radius 1 is 1.03 bits per heavy atom. The number of amides is 1. The highest BCUT2D eigenvalue weighted by atomic mass is 35.5. The lowest BCUT2D eigenvalue weighted by Crippen LogP contribution is -2.42. The Balaban J connectivity index is 0.00000200. The van der Waals surface area contributed by atoms with Crippen molar-refractivity contribution in [2.24, 2.45) is 5.73 Å². The molecular weight excluding hydrogens is 527 g/mol. The summed E-state index contributed by atoms with van der Waals surface area (Å²) in [6, 6.07) is 1.30. The van der Waals surface area contributed by atoms with Crippen LogP contribution in [-0.2, 0) is 4.74 Å². The summed E-state index contributed by atoms with van der Waals surface area (Å²) in [5, 5.41) is 7.24. The smallest absolute Gasteiger partial charge is 0.409 e. The van der Waals surface area contributed by atoms with E-state index < -0.39 is 0 Å². The third-order valence-corrected chi connectivity index (χ3v) is 7.89. The second-order valence-corrected chi connectivity index (χ2v) is 10.5. The number of imidazole rings is 1. The molecule has 0 unspecified atom stereocenters. The summed E-state index contributed by atoms with van der Waals surface area (Å²) in [5.74, 6) is 1.44. The highest BCUT2D eigenvalue weighted by Crippen LogP contribution is 2.34. The zero-order chi connectivity index (χ0) is 24.9. The van der Waals surface area contributed by atoms with Crippen molar-refractivity contribution < 1.29 is 9.53 Å². The van der Waals surface area contributed by atoms with E-state index in [1.165, 1.54) is 25.7 Å². The van der Waals surface area contributed by atoms with Gasteiger partial charge in [0.25, 0.3) is 0 Å². The fourth-order valence-electron chi connectivity index (χ4n) is 5.70. The van der Waals surface area contributed by atoms with Crippen LogP contribution in [0.15, 0.2) is 19.0 Å². The number of halogens is 2. The second-order valence-electron chi connectivity index (χ2n) is 10.5. The fourth-order valence-corrected chi connectivity index (χ4v) is 5.70. The van der Waals surface area contributed by atoms with Crippen molar-refractivity contribution in [1.29, 1.82) is 0 Å². The second kappa shape index (κ2) is 14.2. The maximum atomic E-state index is 12.3. The first-order valence-electron chi connectivity index (χ1n) is 13.7. The minimum absolute atomic E-state index is 0. The molecule has 2 saturated carbocycles. The molecule has 1 aliphatic heterocycles. The monoisotopic (exact) mass is 568 g/mol. The maximum absolute atomic E-state index is 12.3. The summed E-state index contributed by atoms with van der Waals surface area (Å²) in [6.45, 7) is 5.36. The van der Waals surface area contributed by atoms with Gasteiger partial charge >= 0.3 is 6.09 Å². The third kappa shape index (κ3) is 7.21. The predicted octanol–water partition coefficient (Wildman–Crippen LogP) is 5.06. The SMILES string of the molecule is C=CCCOC(=O)N1CCC(Nc2nc(N[C@H]3CC[C@H](N)CC3)nc3c2ncn3C2CCCC2)CC1.Cl.Cl. The van der Waals surface area contributed by atoms with Crippen LogP contribution in [0.1, 0.15) is 76.7 Å². The first-order valence-corrected chi connectivity index (χ1v) is 13.7. The van der Waals surface area contributed by atoms with E-state index in [2.05, 4.69) is 21.8 Å². The van der Waals surface area contributed by atoms with Crippen molar-refractivity contribution >= 4 is 53.8 Å². The minimum Gasteiger partial charge on any atom is -0.449 e. The maximum Gasteiger partial charge on any atom is 0.409 e. The van der Waals surface area contributed by atoms with Crippen LogP contribution in [0.25, 0.3) is 11.2 Å². The molecule has 0 aromatic carbocycles. The molecule has 3 heterocycles. The van der Waals surface area contributed by atoms with Crippen molar-refractivity contribution in [3.63, 3.8) is 0 Å². The van der Waals surface area contributed by atoms with Crippen molar-refractivity contribution in [2.45, 2.75) is 94.8 Å². The van der Waals surface area contributed by atoms with Crippen LogP contribution in [0.4, 0.5) is 16.6 Å². The average molecular weight is 570 g/mol. The molecule has 1 saturated heterocycles. The van der Waals surface area contributed by atoms with Gasteiger partial charge in [-0.15, -0.1) is 31.4 Å². The van der Waals surface area contributed by atoms with E-state index in [0.717, 1.165) is 55.5 Å². The van der Waals surface area contributed by atoms with Crippen LogP contribution in [-0.4, -0.2) is 68.3 Å². The Kier molecular flexibility index (Phi) is 11.3. The van der Waals surface area contributed by atoms with Gasteiger partial charge in [0, 0.05) is 37.3 Å². The Labute approximate surface area is 237 Å². The predicted molar refractivity (Wildman–Crippen MR) is 156 cm³/mol. The summed E-state index contributed by atoms with van der Waals surface area (Å²) in [6.07, 6.45) is 14.7. The van der Waals surface area contributed by atoms with Gasteiger partial charge in [0.1, 0.15) is 0 Å². The molecule has 212 valence electrons. The number of anilines is 2. The Morgan fingerprint density at radius 2 is 1.71 bits per heavy atom. The van der Waals surface area contributed by atoms with E-state index >= 15 is 0 Å². The molecule has 0 atom stereocenters. The summed E-state index contributed by atoms with van der Waals surface area (Å²) in [7, 11) is 0. The van der Waals surface area contributed by atoms with Gasteiger partial charge in [-0.3, -0.25) is 0 Å². The number of likely N-dealkylation sites (tertiary alicyclic amines) is 1. The number of aromatic nitrogens is 4. The lowest BCUT2D eigenvalue weighted by Gasteiger charge is -2.32. The number of hydrogen-bond donors (Lipinski definition) is 3. The van der Waals surface area contributed by atoms with Crippen LogP contribution in [0.2, 0.25) is 0 Å². The highest BCUT2D eigenvalue weighted by molar-refractivity contribution is 5.86. The summed E-state index contributed by atoms with van der Waals surface area (Å²) < 4.78 is 7.57. The van der Waals surface area contributed by atoms with Gasteiger partial charge in [0.05, 0.1) is 12.9 Å².